The number of aromatic nitrogens is 1. The predicted octanol–water partition coefficient (Wildman–Crippen LogP) is 3.42. The highest BCUT2D eigenvalue weighted by atomic mass is 32.2. The quantitative estimate of drug-likeness (QED) is 0.383. The normalized spacial score (nSPS) is 11.9. The van der Waals surface area contributed by atoms with E-state index in [4.69, 9.17) is 5.73 Å². The molecule has 3 aromatic carbocycles. The van der Waals surface area contributed by atoms with E-state index in [1.807, 2.05) is 12.1 Å². The minimum Gasteiger partial charge on any atom is -0.398 e. The van der Waals surface area contributed by atoms with Crippen LogP contribution in [0.15, 0.2) is 94.9 Å². The summed E-state index contributed by atoms with van der Waals surface area (Å²) in [5, 5.41) is 0.782. The number of rotatable bonds is 6. The van der Waals surface area contributed by atoms with Crippen LogP contribution in [0.5, 0.6) is 0 Å². The molecule has 0 spiro atoms. The van der Waals surface area contributed by atoms with Crippen molar-refractivity contribution in [1.29, 1.82) is 0 Å². The van der Waals surface area contributed by atoms with Crippen LogP contribution in [0, 0.1) is 0 Å². The zero-order chi connectivity index (χ0) is 22.1. The van der Waals surface area contributed by atoms with Crippen LogP contribution in [0.1, 0.15) is 0 Å². The Labute approximate surface area is 179 Å². The van der Waals surface area contributed by atoms with Gasteiger partial charge in [0.05, 0.1) is 27.5 Å². The largest absolute Gasteiger partial charge is 0.398 e. The molecule has 1 heterocycles. The fourth-order valence-corrected chi connectivity index (χ4v) is 5.35. The number of anilines is 3. The van der Waals surface area contributed by atoms with Crippen molar-refractivity contribution in [1.82, 2.24) is 4.98 Å². The zero-order valence-corrected chi connectivity index (χ0v) is 17.7. The molecule has 0 atom stereocenters. The molecule has 0 aliphatic carbocycles. The number of nitrogens with two attached hydrogens (primary N) is 1. The van der Waals surface area contributed by atoms with E-state index >= 15 is 0 Å². The second kappa shape index (κ2) is 7.89. The molecule has 0 aliphatic rings. The highest BCUT2D eigenvalue weighted by molar-refractivity contribution is 7.93. The third-order valence-electron chi connectivity index (χ3n) is 4.48. The van der Waals surface area contributed by atoms with Gasteiger partial charge in [-0.05, 0) is 42.5 Å². The summed E-state index contributed by atoms with van der Waals surface area (Å²) in [6, 6.07) is 20.2. The summed E-state index contributed by atoms with van der Waals surface area (Å²) >= 11 is 0. The lowest BCUT2D eigenvalue weighted by molar-refractivity contribution is 0.599. The van der Waals surface area contributed by atoms with Crippen LogP contribution < -0.4 is 15.2 Å². The summed E-state index contributed by atoms with van der Waals surface area (Å²) in [6.45, 7) is 0. The number of nitrogens with one attached hydrogen (secondary N) is 2. The molecule has 4 N–H and O–H groups in total. The first kappa shape index (κ1) is 20.6. The molecule has 0 aliphatic heterocycles. The Morgan fingerprint density at radius 2 is 1.48 bits per heavy atom. The van der Waals surface area contributed by atoms with Gasteiger partial charge in [0.25, 0.3) is 20.0 Å². The number of benzene rings is 3. The van der Waals surface area contributed by atoms with E-state index in [1.165, 1.54) is 36.4 Å². The first-order valence-corrected chi connectivity index (χ1v) is 12.1. The first-order valence-electron chi connectivity index (χ1n) is 9.10. The number of pyridine rings is 1. The van der Waals surface area contributed by atoms with Gasteiger partial charge in [-0.25, -0.2) is 16.8 Å². The molecule has 0 unspecified atom stereocenters. The van der Waals surface area contributed by atoms with Gasteiger partial charge in [-0.3, -0.25) is 14.4 Å². The number of hydrogen-bond acceptors (Lipinski definition) is 6. The maximum absolute atomic E-state index is 13.0. The van der Waals surface area contributed by atoms with Crippen LogP contribution in [-0.2, 0) is 20.0 Å². The lowest BCUT2D eigenvalue weighted by Crippen LogP contribution is -2.16. The fourth-order valence-electron chi connectivity index (χ4n) is 3.05. The summed E-state index contributed by atoms with van der Waals surface area (Å²) in [7, 11) is -8.00. The summed E-state index contributed by atoms with van der Waals surface area (Å²) in [5.74, 6) is 0. The highest BCUT2D eigenvalue weighted by Gasteiger charge is 2.20. The predicted molar refractivity (Wildman–Crippen MR) is 121 cm³/mol. The fraction of sp³-hybridized carbons (Fsp3) is 0. The highest BCUT2D eigenvalue weighted by Crippen LogP contribution is 2.26. The Morgan fingerprint density at radius 1 is 0.742 bits per heavy atom. The van der Waals surface area contributed by atoms with Gasteiger partial charge in [0.2, 0.25) is 0 Å². The lowest BCUT2D eigenvalue weighted by Gasteiger charge is -2.13. The number of para-hydroxylation sites is 2. The van der Waals surface area contributed by atoms with Crippen LogP contribution in [0.4, 0.5) is 17.1 Å². The Morgan fingerprint density at radius 3 is 2.29 bits per heavy atom. The van der Waals surface area contributed by atoms with E-state index in [1.54, 1.807) is 36.5 Å². The van der Waals surface area contributed by atoms with Crippen molar-refractivity contribution in [2.45, 2.75) is 9.79 Å². The zero-order valence-electron chi connectivity index (χ0n) is 16.1. The third kappa shape index (κ3) is 4.30. The van der Waals surface area contributed by atoms with Gasteiger partial charge in [0.15, 0.2) is 0 Å². The van der Waals surface area contributed by atoms with Crippen molar-refractivity contribution in [2.24, 2.45) is 0 Å². The van der Waals surface area contributed by atoms with Gasteiger partial charge in [0.1, 0.15) is 4.90 Å². The van der Waals surface area contributed by atoms with Gasteiger partial charge >= 0.3 is 0 Å². The summed E-state index contributed by atoms with van der Waals surface area (Å²) in [5.41, 5.74) is 6.76. The average Bonchev–Trinajstić information content (AvgIpc) is 2.74. The van der Waals surface area contributed by atoms with Crippen molar-refractivity contribution in [2.75, 3.05) is 15.2 Å². The minimum atomic E-state index is -4.01. The maximum atomic E-state index is 13.0. The Kier molecular flexibility index (Phi) is 5.25. The van der Waals surface area contributed by atoms with E-state index < -0.39 is 20.0 Å². The smallest absolute Gasteiger partial charge is 0.263 e. The molecule has 0 saturated carbocycles. The molecule has 10 heteroatoms. The van der Waals surface area contributed by atoms with E-state index in [2.05, 4.69) is 14.4 Å². The number of nitrogen functional groups attached to an aromatic ring is 1. The molecule has 0 saturated heterocycles. The van der Waals surface area contributed by atoms with Gasteiger partial charge in [-0.1, -0.05) is 36.4 Å². The van der Waals surface area contributed by atoms with Crippen LogP contribution in [0.25, 0.3) is 10.9 Å². The second-order valence-electron chi connectivity index (χ2n) is 6.66. The molecule has 0 bridgehead atoms. The lowest BCUT2D eigenvalue weighted by atomic mass is 10.2. The molecule has 0 fully saturated rings. The Hall–Kier alpha value is -3.63. The average molecular weight is 455 g/mol. The number of nitrogens with zero attached hydrogens (tertiary/aromatic N) is 1. The first-order chi connectivity index (χ1) is 14.8. The van der Waals surface area contributed by atoms with Crippen molar-refractivity contribution in [3.63, 3.8) is 0 Å². The van der Waals surface area contributed by atoms with E-state index in [-0.39, 0.29) is 21.2 Å². The molecule has 4 aromatic rings. The molecule has 31 heavy (non-hydrogen) atoms. The number of sulfonamides is 2. The topological polar surface area (TPSA) is 131 Å². The summed E-state index contributed by atoms with van der Waals surface area (Å²) in [4.78, 5) is 4.03. The van der Waals surface area contributed by atoms with Gasteiger partial charge in [0, 0.05) is 11.6 Å². The van der Waals surface area contributed by atoms with Crippen molar-refractivity contribution in [3.8, 4) is 0 Å². The Balaban J connectivity index is 1.65. The molecule has 158 valence electrons. The van der Waals surface area contributed by atoms with Crippen molar-refractivity contribution in [3.05, 3.63) is 85.1 Å². The van der Waals surface area contributed by atoms with Crippen molar-refractivity contribution >= 4 is 48.0 Å². The monoisotopic (exact) mass is 454 g/mol. The van der Waals surface area contributed by atoms with Crippen LogP contribution in [-0.4, -0.2) is 21.8 Å². The minimum absolute atomic E-state index is 0.0853. The van der Waals surface area contributed by atoms with Crippen LogP contribution in [0.2, 0.25) is 0 Å². The maximum Gasteiger partial charge on any atom is 0.263 e. The molecule has 0 amide bonds. The van der Waals surface area contributed by atoms with Crippen LogP contribution in [0.3, 0.4) is 0 Å². The molecular formula is C21H18N4O4S2. The van der Waals surface area contributed by atoms with E-state index in [0.29, 0.717) is 11.2 Å². The van der Waals surface area contributed by atoms with Crippen LogP contribution >= 0.6 is 0 Å². The van der Waals surface area contributed by atoms with Crippen molar-refractivity contribution < 1.29 is 16.8 Å². The summed E-state index contributed by atoms with van der Waals surface area (Å²) in [6.07, 6.45) is 1.57. The third-order valence-corrected chi connectivity index (χ3v) is 7.30. The van der Waals surface area contributed by atoms with E-state index in [9.17, 15) is 16.8 Å². The van der Waals surface area contributed by atoms with Gasteiger partial charge < -0.3 is 5.73 Å². The summed E-state index contributed by atoms with van der Waals surface area (Å²) < 4.78 is 56.1. The molecule has 8 nitrogen and oxygen atoms in total. The molecular weight excluding hydrogens is 436 g/mol. The second-order valence-corrected chi connectivity index (χ2v) is 9.99. The number of hydrogen-bond donors (Lipinski definition) is 3. The Bertz CT molecular complexity index is 1480. The molecule has 4 rings (SSSR count). The van der Waals surface area contributed by atoms with Gasteiger partial charge in [-0.2, -0.15) is 0 Å². The SMILES string of the molecule is Nc1ccccc1S(=O)(=O)Nc1cccc(S(=O)(=O)Nc2cccc3cccnc23)c1. The molecule has 1 aromatic heterocycles. The standard InChI is InChI=1S/C21H18N4O4S2/c22-18-10-1-2-12-20(18)31(28,29)24-16-8-4-9-17(14-16)30(26,27)25-19-11-3-6-15-7-5-13-23-21(15)19/h1-14,24-25H,22H2. The number of fused-ring (bicyclic) bond motifs is 1. The van der Waals surface area contributed by atoms with E-state index in [0.717, 1.165) is 5.39 Å². The molecule has 0 radical (unpaired) electrons. The van der Waals surface area contributed by atoms with Gasteiger partial charge in [-0.15, -0.1) is 0 Å².